The number of ether oxygens (including phenoxy) is 1. The first kappa shape index (κ1) is 24.1. The largest absolute Gasteiger partial charge is 0.496 e. The van der Waals surface area contributed by atoms with Gasteiger partial charge in [0.1, 0.15) is 11.6 Å². The molecule has 0 spiro atoms. The third-order valence-corrected chi connectivity index (χ3v) is 6.72. The molecule has 1 aromatic heterocycles. The fourth-order valence-electron chi connectivity index (χ4n) is 4.73. The molecular weight excluding hydrogens is 424 g/mol. The molecule has 1 heterocycles. The maximum Gasteiger partial charge on any atom is 0.225 e. The average molecular weight is 463 g/mol. The van der Waals surface area contributed by atoms with Crippen LogP contribution >= 0.6 is 0 Å². The zero-order chi connectivity index (χ0) is 24.1. The van der Waals surface area contributed by atoms with Crippen molar-refractivity contribution in [2.75, 3.05) is 57.0 Å². The Morgan fingerprint density at radius 3 is 2.41 bits per heavy atom. The minimum Gasteiger partial charge on any atom is -0.496 e. The molecule has 1 aliphatic rings. The molecule has 0 aliphatic heterocycles. The Bertz CT molecular complexity index is 1090. The van der Waals surface area contributed by atoms with E-state index in [2.05, 4.69) is 50.8 Å². The van der Waals surface area contributed by atoms with Crippen molar-refractivity contribution in [3.8, 4) is 5.75 Å². The molecule has 0 radical (unpaired) electrons. The Balaban J connectivity index is 1.28. The molecule has 1 aliphatic carbocycles. The van der Waals surface area contributed by atoms with Crippen molar-refractivity contribution in [1.82, 2.24) is 15.3 Å². The number of aromatic nitrogens is 2. The van der Waals surface area contributed by atoms with Crippen LogP contribution in [0, 0.1) is 5.92 Å². The predicted octanol–water partition coefficient (Wildman–Crippen LogP) is 4.53. The van der Waals surface area contributed by atoms with Gasteiger partial charge in [0.2, 0.25) is 5.95 Å². The molecule has 0 unspecified atom stereocenters. The van der Waals surface area contributed by atoms with E-state index in [1.165, 1.54) is 18.4 Å². The molecule has 0 amide bonds. The van der Waals surface area contributed by atoms with E-state index in [1.54, 1.807) is 7.11 Å². The van der Waals surface area contributed by atoms with Gasteiger partial charge < -0.3 is 25.2 Å². The van der Waals surface area contributed by atoms with Crippen molar-refractivity contribution in [3.05, 3.63) is 48.0 Å². The molecular formula is C27H38N6O. The molecule has 7 nitrogen and oxygen atoms in total. The van der Waals surface area contributed by atoms with Gasteiger partial charge in [-0.25, -0.2) is 4.98 Å². The molecule has 3 aromatic rings. The van der Waals surface area contributed by atoms with E-state index in [0.717, 1.165) is 60.0 Å². The number of para-hydroxylation sites is 1. The Kier molecular flexibility index (Phi) is 7.73. The number of anilines is 3. The molecule has 2 aromatic carbocycles. The molecule has 0 atom stereocenters. The minimum atomic E-state index is 0.422. The summed E-state index contributed by atoms with van der Waals surface area (Å²) >= 11 is 0. The number of nitrogens with zero attached hydrogens (tertiary/aromatic N) is 4. The van der Waals surface area contributed by atoms with Crippen LogP contribution in [0.5, 0.6) is 5.75 Å². The van der Waals surface area contributed by atoms with E-state index < -0.39 is 0 Å². The molecule has 182 valence electrons. The number of hydrogen-bond acceptors (Lipinski definition) is 7. The lowest BCUT2D eigenvalue weighted by Gasteiger charge is -2.29. The number of methoxy groups -OCH3 is 1. The van der Waals surface area contributed by atoms with Gasteiger partial charge in [0.25, 0.3) is 0 Å². The summed E-state index contributed by atoms with van der Waals surface area (Å²) in [5.74, 6) is 3.33. The number of benzene rings is 2. The highest BCUT2D eigenvalue weighted by atomic mass is 16.5. The first-order valence-electron chi connectivity index (χ1n) is 12.2. The van der Waals surface area contributed by atoms with Crippen molar-refractivity contribution >= 4 is 28.4 Å². The standard InChI is InChI=1S/C27H38N6O/c1-32(2)22-15-12-20(25(16-22)34-5)18-28-17-19-10-13-21(14-11-19)29-27-30-24-9-7-6-8-23(24)26(31-27)33(3)4/h6-9,12,15-16,19,21,28H,10-11,13-14,17-18H2,1-5H3,(H,29,30,31). The van der Waals surface area contributed by atoms with E-state index >= 15 is 0 Å². The van der Waals surface area contributed by atoms with Gasteiger partial charge in [0, 0.05) is 63.5 Å². The summed E-state index contributed by atoms with van der Waals surface area (Å²) in [5.41, 5.74) is 3.34. The summed E-state index contributed by atoms with van der Waals surface area (Å²) in [6.07, 6.45) is 4.69. The Morgan fingerprint density at radius 2 is 1.71 bits per heavy atom. The van der Waals surface area contributed by atoms with E-state index in [-0.39, 0.29) is 0 Å². The van der Waals surface area contributed by atoms with Crippen LogP contribution in [0.25, 0.3) is 10.9 Å². The second-order valence-electron chi connectivity index (χ2n) is 9.67. The van der Waals surface area contributed by atoms with Gasteiger partial charge in [-0.05, 0) is 56.3 Å². The highest BCUT2D eigenvalue weighted by Gasteiger charge is 2.22. The van der Waals surface area contributed by atoms with Crippen LogP contribution in [-0.4, -0.2) is 57.9 Å². The number of hydrogen-bond donors (Lipinski definition) is 2. The molecule has 2 N–H and O–H groups in total. The lowest BCUT2D eigenvalue weighted by Crippen LogP contribution is -2.31. The Morgan fingerprint density at radius 1 is 0.941 bits per heavy atom. The van der Waals surface area contributed by atoms with Gasteiger partial charge in [-0.1, -0.05) is 18.2 Å². The molecule has 1 fully saturated rings. The van der Waals surface area contributed by atoms with Crippen LogP contribution < -0.4 is 25.2 Å². The van der Waals surface area contributed by atoms with Crippen molar-refractivity contribution in [2.24, 2.45) is 5.92 Å². The number of rotatable bonds is 9. The first-order chi connectivity index (χ1) is 16.4. The summed E-state index contributed by atoms with van der Waals surface area (Å²) in [6, 6.07) is 15.0. The van der Waals surface area contributed by atoms with E-state index in [0.29, 0.717) is 12.0 Å². The zero-order valence-corrected chi connectivity index (χ0v) is 21.1. The van der Waals surface area contributed by atoms with Gasteiger partial charge in [-0.15, -0.1) is 0 Å². The van der Waals surface area contributed by atoms with E-state index in [1.807, 2.05) is 40.3 Å². The highest BCUT2D eigenvalue weighted by molar-refractivity contribution is 5.90. The second-order valence-corrected chi connectivity index (χ2v) is 9.67. The summed E-state index contributed by atoms with van der Waals surface area (Å²) in [4.78, 5) is 13.7. The lowest BCUT2D eigenvalue weighted by atomic mass is 9.86. The topological polar surface area (TPSA) is 65.6 Å². The third kappa shape index (κ3) is 5.70. The maximum absolute atomic E-state index is 5.61. The van der Waals surface area contributed by atoms with Gasteiger partial charge in [0.05, 0.1) is 12.6 Å². The smallest absolute Gasteiger partial charge is 0.225 e. The summed E-state index contributed by atoms with van der Waals surface area (Å²) < 4.78 is 5.61. The van der Waals surface area contributed by atoms with Crippen LogP contribution in [0.2, 0.25) is 0 Å². The Hall–Kier alpha value is -3.06. The monoisotopic (exact) mass is 462 g/mol. The highest BCUT2D eigenvalue weighted by Crippen LogP contribution is 2.29. The molecule has 0 saturated heterocycles. The van der Waals surface area contributed by atoms with Gasteiger partial charge in [-0.3, -0.25) is 0 Å². The summed E-state index contributed by atoms with van der Waals surface area (Å²) in [5, 5.41) is 8.35. The predicted molar refractivity (Wildman–Crippen MR) is 142 cm³/mol. The number of nitrogens with one attached hydrogen (secondary N) is 2. The quantitative estimate of drug-likeness (QED) is 0.484. The molecule has 4 rings (SSSR count). The van der Waals surface area contributed by atoms with Crippen molar-refractivity contribution in [1.29, 1.82) is 0 Å². The van der Waals surface area contributed by atoms with Crippen LogP contribution in [0.15, 0.2) is 42.5 Å². The Labute approximate surface area is 203 Å². The fraction of sp³-hybridized carbons (Fsp3) is 0.481. The maximum atomic E-state index is 5.61. The summed E-state index contributed by atoms with van der Waals surface area (Å²) in [6.45, 7) is 1.86. The lowest BCUT2D eigenvalue weighted by molar-refractivity contribution is 0.322. The summed E-state index contributed by atoms with van der Waals surface area (Å²) in [7, 11) is 9.90. The van der Waals surface area contributed by atoms with E-state index in [4.69, 9.17) is 14.7 Å². The van der Waals surface area contributed by atoms with Gasteiger partial charge >= 0.3 is 0 Å². The normalized spacial score (nSPS) is 18.0. The zero-order valence-electron chi connectivity index (χ0n) is 21.1. The van der Waals surface area contributed by atoms with Crippen LogP contribution in [0.4, 0.5) is 17.5 Å². The number of fused-ring (bicyclic) bond motifs is 1. The molecule has 7 heteroatoms. The van der Waals surface area contributed by atoms with Crippen LogP contribution in [0.3, 0.4) is 0 Å². The van der Waals surface area contributed by atoms with Crippen molar-refractivity contribution < 1.29 is 4.74 Å². The van der Waals surface area contributed by atoms with Crippen LogP contribution in [0.1, 0.15) is 31.2 Å². The van der Waals surface area contributed by atoms with Crippen molar-refractivity contribution in [2.45, 2.75) is 38.3 Å². The van der Waals surface area contributed by atoms with Crippen LogP contribution in [-0.2, 0) is 6.54 Å². The van der Waals surface area contributed by atoms with E-state index in [9.17, 15) is 0 Å². The van der Waals surface area contributed by atoms with Gasteiger partial charge in [-0.2, -0.15) is 4.98 Å². The molecule has 34 heavy (non-hydrogen) atoms. The fourth-order valence-corrected chi connectivity index (χ4v) is 4.73. The molecule has 1 saturated carbocycles. The second kappa shape index (κ2) is 10.9. The van der Waals surface area contributed by atoms with Crippen molar-refractivity contribution in [3.63, 3.8) is 0 Å². The molecule has 0 bridgehead atoms. The first-order valence-corrected chi connectivity index (χ1v) is 12.2. The SMILES string of the molecule is COc1cc(N(C)C)ccc1CNCC1CCC(Nc2nc(N(C)C)c3ccccc3n2)CC1. The van der Waals surface area contributed by atoms with Gasteiger partial charge in [0.15, 0.2) is 0 Å². The minimum absolute atomic E-state index is 0.422. The average Bonchev–Trinajstić information content (AvgIpc) is 2.84. The third-order valence-electron chi connectivity index (χ3n) is 6.72.